The molecule has 0 saturated carbocycles. The molecule has 0 aliphatic carbocycles. The molecule has 0 fully saturated rings. The van der Waals surface area contributed by atoms with Crippen molar-refractivity contribution < 1.29 is 14.3 Å². The van der Waals surface area contributed by atoms with Crippen LogP contribution in [0.2, 0.25) is 5.02 Å². The summed E-state index contributed by atoms with van der Waals surface area (Å²) in [6.45, 7) is 5.57. The Bertz CT molecular complexity index is 462. The number of rotatable bonds is 6. The minimum absolute atomic E-state index is 0.103. The molecule has 1 N–H and O–H groups in total. The van der Waals surface area contributed by atoms with E-state index in [-0.39, 0.29) is 11.9 Å². The van der Waals surface area contributed by atoms with Crippen molar-refractivity contribution in [3.05, 3.63) is 28.8 Å². The molecule has 0 bridgehead atoms. The molecule has 2 atom stereocenters. The highest BCUT2D eigenvalue weighted by Crippen LogP contribution is 2.25. The van der Waals surface area contributed by atoms with Crippen LogP contribution in [0.15, 0.2) is 18.2 Å². The molecule has 104 valence electrons. The third-order valence-corrected chi connectivity index (χ3v) is 3.06. The molecular formula is C14H18ClNO3. The van der Waals surface area contributed by atoms with Crippen molar-refractivity contribution in [1.82, 2.24) is 5.32 Å². The van der Waals surface area contributed by atoms with Crippen LogP contribution >= 0.6 is 11.6 Å². The van der Waals surface area contributed by atoms with E-state index in [9.17, 15) is 9.59 Å². The van der Waals surface area contributed by atoms with Gasteiger partial charge in [0.05, 0.1) is 5.02 Å². The van der Waals surface area contributed by atoms with Gasteiger partial charge in [0.25, 0.3) is 5.91 Å². The zero-order valence-electron chi connectivity index (χ0n) is 11.3. The Balaban J connectivity index is 2.68. The van der Waals surface area contributed by atoms with Crippen molar-refractivity contribution in [2.45, 2.75) is 39.3 Å². The lowest BCUT2D eigenvalue weighted by Gasteiger charge is -2.18. The maximum Gasteiger partial charge on any atom is 0.260 e. The quantitative estimate of drug-likeness (QED) is 0.817. The highest BCUT2D eigenvalue weighted by molar-refractivity contribution is 6.32. The Morgan fingerprint density at radius 2 is 2.16 bits per heavy atom. The molecule has 2 unspecified atom stereocenters. The first kappa shape index (κ1) is 15.5. The standard InChI is InChI=1S/C14H18ClNO3/c1-4-9(2)16-14(18)10(3)19-13-6-5-11(8-17)7-12(13)15/h5-10H,4H2,1-3H3,(H,16,18). The van der Waals surface area contributed by atoms with E-state index >= 15 is 0 Å². The van der Waals surface area contributed by atoms with Gasteiger partial charge in [-0.05, 0) is 38.5 Å². The molecule has 0 heterocycles. The number of benzene rings is 1. The number of ether oxygens (including phenoxy) is 1. The second kappa shape index (κ2) is 7.14. The van der Waals surface area contributed by atoms with Gasteiger partial charge in [-0.25, -0.2) is 0 Å². The second-order valence-corrected chi connectivity index (χ2v) is 4.79. The summed E-state index contributed by atoms with van der Waals surface area (Å²) in [5, 5.41) is 3.14. The van der Waals surface area contributed by atoms with Crippen molar-refractivity contribution in [3.8, 4) is 5.75 Å². The van der Waals surface area contributed by atoms with Gasteiger partial charge in [-0.3, -0.25) is 9.59 Å². The molecule has 0 aliphatic heterocycles. The number of nitrogens with one attached hydrogen (secondary N) is 1. The fourth-order valence-electron chi connectivity index (χ4n) is 1.39. The highest BCUT2D eigenvalue weighted by Gasteiger charge is 2.17. The Morgan fingerprint density at radius 1 is 1.47 bits per heavy atom. The number of carbonyl (C=O) groups excluding carboxylic acids is 2. The molecule has 0 spiro atoms. The van der Waals surface area contributed by atoms with E-state index in [0.717, 1.165) is 6.42 Å². The van der Waals surface area contributed by atoms with Gasteiger partial charge in [-0.15, -0.1) is 0 Å². The smallest absolute Gasteiger partial charge is 0.260 e. The molecule has 0 aliphatic rings. The summed E-state index contributed by atoms with van der Waals surface area (Å²) in [6, 6.07) is 4.78. The largest absolute Gasteiger partial charge is 0.479 e. The Morgan fingerprint density at radius 3 is 2.68 bits per heavy atom. The van der Waals surface area contributed by atoms with Crippen LogP contribution in [0.5, 0.6) is 5.75 Å². The van der Waals surface area contributed by atoms with Gasteiger partial charge < -0.3 is 10.1 Å². The van der Waals surface area contributed by atoms with E-state index in [1.54, 1.807) is 19.1 Å². The summed E-state index contributed by atoms with van der Waals surface area (Å²) in [6.07, 6.45) is 0.913. The molecule has 1 aromatic carbocycles. The molecule has 1 aromatic rings. The maximum absolute atomic E-state index is 11.8. The molecular weight excluding hydrogens is 266 g/mol. The first-order valence-corrected chi connectivity index (χ1v) is 6.57. The van der Waals surface area contributed by atoms with Gasteiger partial charge in [-0.2, -0.15) is 0 Å². The van der Waals surface area contributed by atoms with Crippen LogP contribution in [0, 0.1) is 0 Å². The minimum Gasteiger partial charge on any atom is -0.479 e. The van der Waals surface area contributed by atoms with Gasteiger partial charge in [0.15, 0.2) is 6.10 Å². The van der Waals surface area contributed by atoms with Crippen molar-refractivity contribution >= 4 is 23.8 Å². The van der Waals surface area contributed by atoms with E-state index in [1.807, 2.05) is 13.8 Å². The summed E-state index contributed by atoms with van der Waals surface area (Å²) >= 11 is 5.97. The minimum atomic E-state index is -0.645. The van der Waals surface area contributed by atoms with Crippen molar-refractivity contribution in [3.63, 3.8) is 0 Å². The molecule has 5 heteroatoms. The fourth-order valence-corrected chi connectivity index (χ4v) is 1.63. The third kappa shape index (κ3) is 4.56. The Hall–Kier alpha value is -1.55. The summed E-state index contributed by atoms with van der Waals surface area (Å²) < 4.78 is 5.49. The Kier molecular flexibility index (Phi) is 5.83. The number of carbonyl (C=O) groups is 2. The number of halogens is 1. The lowest BCUT2D eigenvalue weighted by atomic mass is 10.2. The number of hydrogen-bond donors (Lipinski definition) is 1. The van der Waals surface area contributed by atoms with Crippen LogP contribution in [0.1, 0.15) is 37.6 Å². The number of aldehydes is 1. The molecule has 0 saturated heterocycles. The van der Waals surface area contributed by atoms with E-state index in [0.29, 0.717) is 22.6 Å². The zero-order valence-corrected chi connectivity index (χ0v) is 12.0. The lowest BCUT2D eigenvalue weighted by molar-refractivity contribution is -0.127. The van der Waals surface area contributed by atoms with Gasteiger partial charge in [0.2, 0.25) is 0 Å². The number of amides is 1. The van der Waals surface area contributed by atoms with Crippen LogP contribution in [-0.2, 0) is 4.79 Å². The van der Waals surface area contributed by atoms with Crippen molar-refractivity contribution in [2.24, 2.45) is 0 Å². The number of hydrogen-bond acceptors (Lipinski definition) is 3. The predicted molar refractivity (Wildman–Crippen MR) is 74.8 cm³/mol. The molecule has 1 amide bonds. The molecule has 0 radical (unpaired) electrons. The summed E-state index contributed by atoms with van der Waals surface area (Å²) in [7, 11) is 0. The third-order valence-electron chi connectivity index (χ3n) is 2.77. The van der Waals surface area contributed by atoms with Crippen LogP contribution in [0.3, 0.4) is 0 Å². The van der Waals surface area contributed by atoms with E-state index in [2.05, 4.69) is 5.32 Å². The lowest BCUT2D eigenvalue weighted by Crippen LogP contribution is -2.41. The molecule has 0 aromatic heterocycles. The molecule has 1 rings (SSSR count). The molecule has 4 nitrogen and oxygen atoms in total. The van der Waals surface area contributed by atoms with Gasteiger partial charge in [-0.1, -0.05) is 18.5 Å². The summed E-state index contributed by atoms with van der Waals surface area (Å²) in [5.74, 6) is 0.198. The van der Waals surface area contributed by atoms with Gasteiger partial charge >= 0.3 is 0 Å². The van der Waals surface area contributed by atoms with E-state index in [4.69, 9.17) is 16.3 Å². The van der Waals surface area contributed by atoms with E-state index in [1.165, 1.54) is 6.07 Å². The predicted octanol–water partition coefficient (Wildman–Crippen LogP) is 2.83. The van der Waals surface area contributed by atoms with Crippen LogP contribution in [0.4, 0.5) is 0 Å². The summed E-state index contributed by atoms with van der Waals surface area (Å²) in [5.41, 5.74) is 0.467. The van der Waals surface area contributed by atoms with Crippen molar-refractivity contribution in [1.29, 1.82) is 0 Å². The topological polar surface area (TPSA) is 55.4 Å². The molecule has 19 heavy (non-hydrogen) atoms. The fraction of sp³-hybridized carbons (Fsp3) is 0.429. The monoisotopic (exact) mass is 283 g/mol. The van der Waals surface area contributed by atoms with E-state index < -0.39 is 6.10 Å². The van der Waals surface area contributed by atoms with Crippen LogP contribution in [-0.4, -0.2) is 24.3 Å². The second-order valence-electron chi connectivity index (χ2n) is 4.39. The maximum atomic E-state index is 11.8. The summed E-state index contributed by atoms with van der Waals surface area (Å²) in [4.78, 5) is 22.4. The van der Waals surface area contributed by atoms with Gasteiger partial charge in [0.1, 0.15) is 12.0 Å². The van der Waals surface area contributed by atoms with Crippen molar-refractivity contribution in [2.75, 3.05) is 0 Å². The Labute approximate surface area is 118 Å². The van der Waals surface area contributed by atoms with Gasteiger partial charge in [0, 0.05) is 11.6 Å². The SMILES string of the molecule is CCC(C)NC(=O)C(C)Oc1ccc(C=O)cc1Cl. The first-order chi connectivity index (χ1) is 8.97. The average molecular weight is 284 g/mol. The average Bonchev–Trinajstić information content (AvgIpc) is 2.40. The zero-order chi connectivity index (χ0) is 14.4. The normalized spacial score (nSPS) is 13.5. The highest BCUT2D eigenvalue weighted by atomic mass is 35.5. The van der Waals surface area contributed by atoms with Crippen LogP contribution in [0.25, 0.3) is 0 Å². The van der Waals surface area contributed by atoms with Crippen LogP contribution < -0.4 is 10.1 Å². The first-order valence-electron chi connectivity index (χ1n) is 6.19.